The van der Waals surface area contributed by atoms with E-state index in [4.69, 9.17) is 10.2 Å². The molecular formula is C6H9NO5. The monoisotopic (exact) mass is 175 g/mol. The van der Waals surface area contributed by atoms with Crippen molar-refractivity contribution >= 4 is 12.1 Å². The van der Waals surface area contributed by atoms with E-state index < -0.39 is 17.8 Å². The second kappa shape index (κ2) is 2.63. The van der Waals surface area contributed by atoms with E-state index in [-0.39, 0.29) is 13.0 Å². The van der Waals surface area contributed by atoms with Crippen LogP contribution in [0.25, 0.3) is 0 Å². The number of aliphatic carboxylic acids is 1. The second-order valence-electron chi connectivity index (χ2n) is 2.66. The molecule has 12 heavy (non-hydrogen) atoms. The molecule has 1 saturated heterocycles. The van der Waals surface area contributed by atoms with E-state index in [1.54, 1.807) is 0 Å². The summed E-state index contributed by atoms with van der Waals surface area (Å²) in [5.74, 6) is -1.51. The van der Waals surface area contributed by atoms with E-state index in [1.807, 2.05) is 0 Å². The van der Waals surface area contributed by atoms with Crippen molar-refractivity contribution in [2.75, 3.05) is 6.54 Å². The molecule has 1 rings (SSSR count). The first kappa shape index (κ1) is 8.79. The molecule has 0 unspecified atom stereocenters. The lowest BCUT2D eigenvalue weighted by Crippen LogP contribution is -2.52. The SMILES string of the molecule is O=C(O)N1CCC[C@]1(O)C(=O)O. The molecule has 0 aliphatic carbocycles. The molecule has 0 spiro atoms. The number of carboxylic acid groups (broad SMARTS) is 2. The summed E-state index contributed by atoms with van der Waals surface area (Å²) in [4.78, 5) is 21.4. The Kier molecular flexibility index (Phi) is 1.93. The number of rotatable bonds is 1. The van der Waals surface area contributed by atoms with Crippen molar-refractivity contribution in [1.82, 2.24) is 4.90 Å². The Morgan fingerprint density at radius 3 is 2.25 bits per heavy atom. The van der Waals surface area contributed by atoms with E-state index in [9.17, 15) is 14.7 Å². The van der Waals surface area contributed by atoms with Crippen molar-refractivity contribution in [3.05, 3.63) is 0 Å². The highest BCUT2D eigenvalue weighted by Crippen LogP contribution is 2.26. The first-order valence-electron chi connectivity index (χ1n) is 3.45. The van der Waals surface area contributed by atoms with Crippen LogP contribution in [-0.4, -0.2) is 44.6 Å². The average Bonchev–Trinajstić information content (AvgIpc) is 2.32. The van der Waals surface area contributed by atoms with Gasteiger partial charge in [0.25, 0.3) is 0 Å². The third-order valence-electron chi connectivity index (χ3n) is 1.93. The van der Waals surface area contributed by atoms with Crippen molar-refractivity contribution in [3.8, 4) is 0 Å². The Hall–Kier alpha value is -1.30. The molecule has 0 radical (unpaired) electrons. The predicted molar refractivity (Wildman–Crippen MR) is 36.6 cm³/mol. The standard InChI is InChI=1S/C6H9NO5/c8-4(9)6(12)2-1-3-7(6)5(10)11/h12H,1-3H2,(H,8,9)(H,10,11)/t6-/m0/s1. The van der Waals surface area contributed by atoms with Gasteiger partial charge in [-0.25, -0.2) is 9.59 Å². The highest BCUT2D eigenvalue weighted by atomic mass is 16.4. The first-order valence-corrected chi connectivity index (χ1v) is 3.45. The Balaban J connectivity index is 2.89. The molecule has 1 fully saturated rings. The normalized spacial score (nSPS) is 28.9. The summed E-state index contributed by atoms with van der Waals surface area (Å²) in [5.41, 5.74) is -2.22. The van der Waals surface area contributed by atoms with Crippen molar-refractivity contribution in [2.24, 2.45) is 0 Å². The van der Waals surface area contributed by atoms with Crippen molar-refractivity contribution in [3.63, 3.8) is 0 Å². The number of aliphatic hydroxyl groups is 1. The van der Waals surface area contributed by atoms with Gasteiger partial charge in [0.2, 0.25) is 5.72 Å². The van der Waals surface area contributed by atoms with E-state index in [0.29, 0.717) is 11.3 Å². The van der Waals surface area contributed by atoms with Crippen molar-refractivity contribution < 1.29 is 24.9 Å². The third kappa shape index (κ3) is 1.10. The van der Waals surface area contributed by atoms with Crippen LogP contribution in [0.15, 0.2) is 0 Å². The summed E-state index contributed by atoms with van der Waals surface area (Å²) in [6.07, 6.45) is -1.08. The molecule has 1 aliphatic rings. The van der Waals surface area contributed by atoms with Crippen LogP contribution in [0.5, 0.6) is 0 Å². The lowest BCUT2D eigenvalue weighted by Gasteiger charge is -2.26. The van der Waals surface area contributed by atoms with Crippen molar-refractivity contribution in [1.29, 1.82) is 0 Å². The summed E-state index contributed by atoms with van der Waals surface area (Å²) in [5, 5.41) is 26.4. The van der Waals surface area contributed by atoms with Crippen LogP contribution in [0, 0.1) is 0 Å². The molecule has 0 bridgehead atoms. The minimum absolute atomic E-state index is 0.0470. The average molecular weight is 175 g/mol. The Morgan fingerprint density at radius 2 is 1.92 bits per heavy atom. The van der Waals surface area contributed by atoms with Crippen molar-refractivity contribution in [2.45, 2.75) is 18.6 Å². The maximum atomic E-state index is 10.5. The number of hydrogen-bond donors (Lipinski definition) is 3. The molecule has 6 heteroatoms. The summed E-state index contributed by atoms with van der Waals surface area (Å²) < 4.78 is 0. The molecular weight excluding hydrogens is 166 g/mol. The number of likely N-dealkylation sites (tertiary alicyclic amines) is 1. The number of carboxylic acids is 1. The molecule has 3 N–H and O–H groups in total. The van der Waals surface area contributed by atoms with Gasteiger partial charge in [-0.15, -0.1) is 0 Å². The molecule has 6 nitrogen and oxygen atoms in total. The molecule has 0 saturated carbocycles. The molecule has 0 aromatic rings. The molecule has 1 aliphatic heterocycles. The highest BCUT2D eigenvalue weighted by molar-refractivity contribution is 5.82. The van der Waals surface area contributed by atoms with Gasteiger partial charge in [0.05, 0.1) is 0 Å². The van der Waals surface area contributed by atoms with E-state index in [2.05, 4.69) is 0 Å². The Morgan fingerprint density at radius 1 is 1.33 bits per heavy atom. The van der Waals surface area contributed by atoms with Crippen LogP contribution in [-0.2, 0) is 4.79 Å². The van der Waals surface area contributed by atoms with Crippen LogP contribution < -0.4 is 0 Å². The lowest BCUT2D eigenvalue weighted by molar-refractivity contribution is -0.172. The van der Waals surface area contributed by atoms with Crippen LogP contribution in [0.2, 0.25) is 0 Å². The Bertz CT molecular complexity index is 228. The molecule has 0 aromatic carbocycles. The minimum Gasteiger partial charge on any atom is -0.478 e. The summed E-state index contributed by atoms with van der Waals surface area (Å²) in [7, 11) is 0. The number of amides is 1. The largest absolute Gasteiger partial charge is 0.478 e. The number of carbonyl (C=O) groups is 2. The van der Waals surface area contributed by atoms with Gasteiger partial charge in [-0.3, -0.25) is 4.90 Å². The van der Waals surface area contributed by atoms with Gasteiger partial charge in [-0.05, 0) is 6.42 Å². The lowest BCUT2D eigenvalue weighted by atomic mass is 10.1. The molecule has 1 atom stereocenters. The zero-order valence-electron chi connectivity index (χ0n) is 6.23. The maximum Gasteiger partial charge on any atom is 0.410 e. The second-order valence-corrected chi connectivity index (χ2v) is 2.66. The number of nitrogens with zero attached hydrogens (tertiary/aromatic N) is 1. The predicted octanol–water partition coefficient (Wildman–Crippen LogP) is -0.467. The fourth-order valence-electron chi connectivity index (χ4n) is 1.28. The quantitative estimate of drug-likeness (QED) is 0.500. The Labute approximate surface area is 68.0 Å². The fourth-order valence-corrected chi connectivity index (χ4v) is 1.28. The van der Waals surface area contributed by atoms with Gasteiger partial charge in [0.1, 0.15) is 0 Å². The summed E-state index contributed by atoms with van der Waals surface area (Å²) in [6.45, 7) is 0.0676. The van der Waals surface area contributed by atoms with Gasteiger partial charge < -0.3 is 15.3 Å². The van der Waals surface area contributed by atoms with E-state index in [0.717, 1.165) is 0 Å². The smallest absolute Gasteiger partial charge is 0.410 e. The van der Waals surface area contributed by atoms with Gasteiger partial charge in [0, 0.05) is 13.0 Å². The topological polar surface area (TPSA) is 98.1 Å². The van der Waals surface area contributed by atoms with Gasteiger partial charge in [0.15, 0.2) is 0 Å². The minimum atomic E-state index is -2.22. The maximum absolute atomic E-state index is 10.5. The van der Waals surface area contributed by atoms with Gasteiger partial charge in [-0.1, -0.05) is 0 Å². The van der Waals surface area contributed by atoms with Crippen LogP contribution >= 0.6 is 0 Å². The molecule has 1 amide bonds. The molecule has 68 valence electrons. The molecule has 1 heterocycles. The van der Waals surface area contributed by atoms with E-state index >= 15 is 0 Å². The third-order valence-corrected chi connectivity index (χ3v) is 1.93. The van der Waals surface area contributed by atoms with Gasteiger partial charge >= 0.3 is 12.1 Å². The first-order chi connectivity index (χ1) is 5.48. The fraction of sp³-hybridized carbons (Fsp3) is 0.667. The number of hydrogen-bond acceptors (Lipinski definition) is 3. The highest BCUT2D eigenvalue weighted by Gasteiger charge is 2.48. The van der Waals surface area contributed by atoms with Crippen LogP contribution in [0.1, 0.15) is 12.8 Å². The zero-order valence-corrected chi connectivity index (χ0v) is 6.23. The van der Waals surface area contributed by atoms with Crippen LogP contribution in [0.3, 0.4) is 0 Å². The summed E-state index contributed by atoms with van der Waals surface area (Å²) in [6, 6.07) is 0. The van der Waals surface area contributed by atoms with Gasteiger partial charge in [-0.2, -0.15) is 0 Å². The molecule has 0 aromatic heterocycles. The van der Waals surface area contributed by atoms with E-state index in [1.165, 1.54) is 0 Å². The van der Waals surface area contributed by atoms with Crippen LogP contribution in [0.4, 0.5) is 4.79 Å². The summed E-state index contributed by atoms with van der Waals surface area (Å²) >= 11 is 0. The zero-order chi connectivity index (χ0) is 9.35.